The highest BCUT2D eigenvalue weighted by molar-refractivity contribution is 5.88. The van der Waals surface area contributed by atoms with Gasteiger partial charge in [0, 0.05) is 37.5 Å². The smallest absolute Gasteiger partial charge is 0.333 e. The van der Waals surface area contributed by atoms with Crippen molar-refractivity contribution in [3.8, 4) is 11.6 Å². The first-order valence-electron chi connectivity index (χ1n) is 8.58. The summed E-state index contributed by atoms with van der Waals surface area (Å²) in [7, 11) is 0. The van der Waals surface area contributed by atoms with E-state index >= 15 is 0 Å². The van der Waals surface area contributed by atoms with Crippen LogP contribution in [-0.4, -0.2) is 37.2 Å². The van der Waals surface area contributed by atoms with Gasteiger partial charge in [0.25, 0.3) is 0 Å². The topological polar surface area (TPSA) is 97.7 Å². The number of imidazole rings is 1. The Kier molecular flexibility index (Phi) is 3.36. The second-order valence-corrected chi connectivity index (χ2v) is 6.44. The van der Waals surface area contributed by atoms with Crippen molar-refractivity contribution in [3.63, 3.8) is 0 Å². The minimum Gasteiger partial charge on any atom is -0.488 e. The molecule has 0 aromatic carbocycles. The Morgan fingerprint density at radius 3 is 3.04 bits per heavy atom. The summed E-state index contributed by atoms with van der Waals surface area (Å²) in [6.07, 6.45) is 3.73. The van der Waals surface area contributed by atoms with Crippen molar-refractivity contribution in [1.29, 1.82) is 0 Å². The van der Waals surface area contributed by atoms with E-state index in [2.05, 4.69) is 25.3 Å². The van der Waals surface area contributed by atoms with Crippen LogP contribution in [0.15, 0.2) is 35.4 Å². The summed E-state index contributed by atoms with van der Waals surface area (Å²) in [5.41, 5.74) is 1.76. The van der Waals surface area contributed by atoms with Crippen molar-refractivity contribution in [1.82, 2.24) is 24.5 Å². The standard InChI is InChI=1S/C18H15FN6O2/c1-9-2-5-20-11-3-6-21-12-8-10(19)17(23-14(11)12)25-15-13(27-9)4-7-22-16(15)24-18(25)26/h3-4,6-9,20H,2,5H2,1H3,(H,22,24,26)/t9-/m1/s1. The highest BCUT2D eigenvalue weighted by Crippen LogP contribution is 2.29. The fourth-order valence-electron chi connectivity index (χ4n) is 3.32. The molecule has 0 aliphatic carbocycles. The summed E-state index contributed by atoms with van der Waals surface area (Å²) in [5.74, 6) is -0.338. The molecule has 27 heavy (non-hydrogen) atoms. The van der Waals surface area contributed by atoms with E-state index in [9.17, 15) is 9.18 Å². The van der Waals surface area contributed by atoms with Crippen LogP contribution in [0.4, 0.5) is 10.1 Å². The van der Waals surface area contributed by atoms with Gasteiger partial charge >= 0.3 is 5.69 Å². The summed E-state index contributed by atoms with van der Waals surface area (Å²) in [6, 6.07) is 4.71. The maximum Gasteiger partial charge on any atom is 0.333 e. The van der Waals surface area contributed by atoms with Gasteiger partial charge in [0.05, 0.1) is 17.3 Å². The van der Waals surface area contributed by atoms with Crippen molar-refractivity contribution in [2.75, 3.05) is 11.9 Å². The molecule has 5 heterocycles. The van der Waals surface area contributed by atoms with Crippen LogP contribution in [-0.2, 0) is 0 Å². The van der Waals surface area contributed by atoms with E-state index in [1.165, 1.54) is 6.07 Å². The van der Waals surface area contributed by atoms with Gasteiger partial charge in [-0.25, -0.2) is 23.7 Å². The number of halogens is 1. The molecule has 4 aromatic heterocycles. The number of fused-ring (bicyclic) bond motifs is 2. The number of nitrogens with zero attached hydrogens (tertiary/aromatic N) is 4. The first-order chi connectivity index (χ1) is 13.1. The van der Waals surface area contributed by atoms with Gasteiger partial charge < -0.3 is 10.1 Å². The highest BCUT2D eigenvalue weighted by atomic mass is 19.1. The first kappa shape index (κ1) is 15.7. The Hall–Kier alpha value is -3.49. The molecule has 0 amide bonds. The lowest BCUT2D eigenvalue weighted by Gasteiger charge is -2.18. The predicted octanol–water partition coefficient (Wildman–Crippen LogP) is 2.38. The molecule has 4 aromatic rings. The molecule has 2 bridgehead atoms. The van der Waals surface area contributed by atoms with Gasteiger partial charge in [0.15, 0.2) is 17.3 Å². The van der Waals surface area contributed by atoms with Crippen LogP contribution in [0.3, 0.4) is 0 Å². The first-order valence-corrected chi connectivity index (χ1v) is 8.58. The number of hydrogen-bond donors (Lipinski definition) is 2. The van der Waals surface area contributed by atoms with Gasteiger partial charge in [-0.2, -0.15) is 0 Å². The number of hydrogen-bond acceptors (Lipinski definition) is 6. The number of nitrogens with one attached hydrogen (secondary N) is 2. The molecule has 8 nitrogen and oxygen atoms in total. The third kappa shape index (κ3) is 2.42. The molecule has 1 aliphatic rings. The number of aromatic amines is 1. The van der Waals surface area contributed by atoms with E-state index in [0.717, 1.165) is 16.7 Å². The van der Waals surface area contributed by atoms with Gasteiger partial charge in [-0.15, -0.1) is 0 Å². The molecule has 2 N–H and O–H groups in total. The van der Waals surface area contributed by atoms with Gasteiger partial charge in [0.2, 0.25) is 0 Å². The molecule has 0 fully saturated rings. The molecule has 5 rings (SSSR count). The third-order valence-electron chi connectivity index (χ3n) is 4.59. The number of ether oxygens (including phenoxy) is 1. The largest absolute Gasteiger partial charge is 0.488 e. The fraction of sp³-hybridized carbons (Fsp3) is 0.222. The molecular weight excluding hydrogens is 351 g/mol. The van der Waals surface area contributed by atoms with Crippen LogP contribution in [0.1, 0.15) is 13.3 Å². The monoisotopic (exact) mass is 366 g/mol. The van der Waals surface area contributed by atoms with Gasteiger partial charge in [0.1, 0.15) is 16.8 Å². The number of pyridine rings is 3. The van der Waals surface area contributed by atoms with Crippen LogP contribution in [0.25, 0.3) is 28.0 Å². The Morgan fingerprint density at radius 2 is 2.15 bits per heavy atom. The summed E-state index contributed by atoms with van der Waals surface area (Å²) in [4.78, 5) is 28.0. The minimum absolute atomic E-state index is 0.124. The van der Waals surface area contributed by atoms with Crippen LogP contribution in [0.2, 0.25) is 0 Å². The molecule has 1 atom stereocenters. The molecular formula is C18H15FN6O2. The number of anilines is 1. The molecule has 0 unspecified atom stereocenters. The Morgan fingerprint density at radius 1 is 1.30 bits per heavy atom. The highest BCUT2D eigenvalue weighted by Gasteiger charge is 2.21. The quantitative estimate of drug-likeness (QED) is 0.496. The molecule has 136 valence electrons. The van der Waals surface area contributed by atoms with Gasteiger partial charge in [-0.3, -0.25) is 9.97 Å². The molecule has 0 saturated carbocycles. The molecule has 0 spiro atoms. The molecule has 9 heteroatoms. The Balaban J connectivity index is 1.92. The van der Waals surface area contributed by atoms with Crippen LogP contribution >= 0.6 is 0 Å². The maximum atomic E-state index is 14.9. The average molecular weight is 366 g/mol. The third-order valence-corrected chi connectivity index (χ3v) is 4.59. The lowest BCUT2D eigenvalue weighted by atomic mass is 10.2. The number of H-pyrrole nitrogens is 1. The molecule has 0 radical (unpaired) electrons. The van der Waals surface area contributed by atoms with Gasteiger partial charge in [-0.05, 0) is 13.0 Å². The summed E-state index contributed by atoms with van der Waals surface area (Å²) >= 11 is 0. The molecule has 0 saturated heterocycles. The van der Waals surface area contributed by atoms with Crippen molar-refractivity contribution >= 4 is 27.9 Å². The van der Waals surface area contributed by atoms with Crippen LogP contribution in [0, 0.1) is 5.82 Å². The summed E-state index contributed by atoms with van der Waals surface area (Å²) in [5, 5.41) is 3.29. The van der Waals surface area contributed by atoms with Gasteiger partial charge in [-0.1, -0.05) is 0 Å². The van der Waals surface area contributed by atoms with Crippen molar-refractivity contribution < 1.29 is 9.13 Å². The lowest BCUT2D eigenvalue weighted by Crippen LogP contribution is -2.21. The normalized spacial score (nSPS) is 16.6. The minimum atomic E-state index is -0.657. The van der Waals surface area contributed by atoms with E-state index in [1.807, 2.05) is 6.92 Å². The lowest BCUT2D eigenvalue weighted by molar-refractivity contribution is 0.217. The van der Waals surface area contributed by atoms with Crippen molar-refractivity contribution in [2.24, 2.45) is 0 Å². The van der Waals surface area contributed by atoms with Crippen LogP contribution < -0.4 is 15.7 Å². The Bertz CT molecular complexity index is 1250. The summed E-state index contributed by atoms with van der Waals surface area (Å²) in [6.45, 7) is 2.58. The van der Waals surface area contributed by atoms with Crippen LogP contribution in [0.5, 0.6) is 5.75 Å². The van der Waals surface area contributed by atoms with E-state index in [1.54, 1.807) is 24.5 Å². The second kappa shape index (κ2) is 5.76. The van der Waals surface area contributed by atoms with E-state index < -0.39 is 11.5 Å². The van der Waals surface area contributed by atoms with E-state index in [-0.39, 0.29) is 11.9 Å². The van der Waals surface area contributed by atoms with Crippen molar-refractivity contribution in [2.45, 2.75) is 19.4 Å². The zero-order valence-corrected chi connectivity index (χ0v) is 14.4. The number of aromatic nitrogens is 5. The maximum absolute atomic E-state index is 14.9. The number of rotatable bonds is 0. The summed E-state index contributed by atoms with van der Waals surface area (Å²) < 4.78 is 22.1. The SMILES string of the molecule is C[C@@H]1CCNc2ccnc3cc(F)c(nc23)-n2c(=O)[nH]c3nccc(c32)O1. The predicted molar refractivity (Wildman–Crippen MR) is 97.9 cm³/mol. The zero-order valence-electron chi connectivity index (χ0n) is 14.4. The average Bonchev–Trinajstić information content (AvgIpc) is 2.97. The van der Waals surface area contributed by atoms with E-state index in [0.29, 0.717) is 34.5 Å². The second-order valence-electron chi connectivity index (χ2n) is 6.44. The van der Waals surface area contributed by atoms with Crippen molar-refractivity contribution in [3.05, 3.63) is 46.9 Å². The fourth-order valence-corrected chi connectivity index (χ4v) is 3.32. The van der Waals surface area contributed by atoms with E-state index in [4.69, 9.17) is 4.74 Å². The molecule has 1 aliphatic heterocycles. The Labute approximate surface area is 152 Å². The zero-order chi connectivity index (χ0) is 18.5.